The number of nitrogens with one attached hydrogen (secondary N) is 1. The van der Waals surface area contributed by atoms with Crippen molar-refractivity contribution in [3.05, 3.63) is 48.0 Å². The fraction of sp³-hybridized carbons (Fsp3) is 0.250. The molecular weight excluding hydrogens is 378 g/mol. The van der Waals surface area contributed by atoms with Crippen molar-refractivity contribution in [2.24, 2.45) is 0 Å². The van der Waals surface area contributed by atoms with E-state index < -0.39 is 5.25 Å². The predicted octanol–water partition coefficient (Wildman–Crippen LogP) is 4.18. The fourth-order valence-electron chi connectivity index (χ4n) is 2.43. The molecule has 0 saturated heterocycles. The van der Waals surface area contributed by atoms with E-state index >= 15 is 0 Å². The minimum Gasteiger partial charge on any atom is -0.493 e. The first-order valence-corrected chi connectivity index (χ1v) is 9.48. The van der Waals surface area contributed by atoms with Crippen LogP contribution >= 0.6 is 11.8 Å². The molecule has 0 bridgehead atoms. The highest BCUT2D eigenvalue weighted by molar-refractivity contribution is 8.00. The standard InChI is InChI=1S/C20H21N3O4S/c1-12-5-8-15(9-6-12)21-18(24)13(2)28-20-23-22-19(27-20)14-7-10-16(25-3)17(11-14)26-4/h5-11,13H,1-4H3,(H,21,24)/t13-/m1/s1. The van der Waals surface area contributed by atoms with Gasteiger partial charge in [-0.3, -0.25) is 4.79 Å². The third-order valence-corrected chi connectivity index (χ3v) is 4.94. The number of carbonyl (C=O) groups is 1. The molecule has 0 unspecified atom stereocenters. The van der Waals surface area contributed by atoms with Crippen molar-refractivity contribution in [3.8, 4) is 23.0 Å². The zero-order chi connectivity index (χ0) is 20.1. The van der Waals surface area contributed by atoms with Crippen LogP contribution < -0.4 is 14.8 Å². The van der Waals surface area contributed by atoms with Crippen molar-refractivity contribution < 1.29 is 18.7 Å². The Bertz CT molecular complexity index is 956. The topological polar surface area (TPSA) is 86.5 Å². The van der Waals surface area contributed by atoms with Crippen molar-refractivity contribution in [2.75, 3.05) is 19.5 Å². The number of benzene rings is 2. The van der Waals surface area contributed by atoms with Gasteiger partial charge in [0.1, 0.15) is 0 Å². The molecule has 146 valence electrons. The highest BCUT2D eigenvalue weighted by Gasteiger charge is 2.19. The quantitative estimate of drug-likeness (QED) is 0.596. The summed E-state index contributed by atoms with van der Waals surface area (Å²) in [5.41, 5.74) is 2.59. The van der Waals surface area contributed by atoms with E-state index in [4.69, 9.17) is 13.9 Å². The first kappa shape index (κ1) is 19.8. The van der Waals surface area contributed by atoms with Gasteiger partial charge < -0.3 is 19.2 Å². The van der Waals surface area contributed by atoms with Crippen LogP contribution in [-0.4, -0.2) is 35.6 Å². The van der Waals surface area contributed by atoms with Crippen molar-refractivity contribution in [2.45, 2.75) is 24.3 Å². The molecule has 2 aromatic carbocycles. The van der Waals surface area contributed by atoms with Gasteiger partial charge in [-0.2, -0.15) is 0 Å². The largest absolute Gasteiger partial charge is 0.493 e. The Hall–Kier alpha value is -3.00. The van der Waals surface area contributed by atoms with Gasteiger partial charge in [0.2, 0.25) is 11.8 Å². The van der Waals surface area contributed by atoms with E-state index in [2.05, 4.69) is 15.5 Å². The fourth-order valence-corrected chi connectivity index (χ4v) is 3.11. The molecule has 0 aliphatic carbocycles. The lowest BCUT2D eigenvalue weighted by molar-refractivity contribution is -0.115. The third-order valence-electron chi connectivity index (χ3n) is 4.00. The molecule has 1 atom stereocenters. The molecule has 3 aromatic rings. The van der Waals surface area contributed by atoms with Crippen molar-refractivity contribution in [3.63, 3.8) is 0 Å². The minimum absolute atomic E-state index is 0.139. The molecule has 0 saturated carbocycles. The van der Waals surface area contributed by atoms with Gasteiger partial charge in [-0.05, 0) is 44.2 Å². The van der Waals surface area contributed by atoms with Crippen molar-refractivity contribution >= 4 is 23.4 Å². The molecule has 7 nitrogen and oxygen atoms in total. The zero-order valence-electron chi connectivity index (χ0n) is 16.1. The third kappa shape index (κ3) is 4.64. The Labute approximate surface area is 167 Å². The second-order valence-electron chi connectivity index (χ2n) is 6.06. The Morgan fingerprint density at radius 3 is 2.46 bits per heavy atom. The molecule has 0 aliphatic heterocycles. The van der Waals surface area contributed by atoms with Crippen LogP contribution in [0.3, 0.4) is 0 Å². The number of hydrogen-bond donors (Lipinski definition) is 1. The summed E-state index contributed by atoms with van der Waals surface area (Å²) >= 11 is 1.20. The lowest BCUT2D eigenvalue weighted by Gasteiger charge is -2.10. The summed E-state index contributed by atoms with van der Waals surface area (Å²) in [6, 6.07) is 13.0. The molecule has 1 aromatic heterocycles. The van der Waals surface area contributed by atoms with Crippen LogP contribution in [0.4, 0.5) is 5.69 Å². The predicted molar refractivity (Wildman–Crippen MR) is 108 cm³/mol. The smallest absolute Gasteiger partial charge is 0.277 e. The van der Waals surface area contributed by atoms with Gasteiger partial charge in [0.05, 0.1) is 19.5 Å². The first-order valence-electron chi connectivity index (χ1n) is 8.60. The molecule has 8 heteroatoms. The number of aromatic nitrogens is 2. The summed E-state index contributed by atoms with van der Waals surface area (Å²) in [5, 5.41) is 10.9. The summed E-state index contributed by atoms with van der Waals surface area (Å²) < 4.78 is 16.2. The maximum absolute atomic E-state index is 12.4. The van der Waals surface area contributed by atoms with Gasteiger partial charge in [-0.15, -0.1) is 10.2 Å². The van der Waals surface area contributed by atoms with E-state index in [0.29, 0.717) is 28.2 Å². The van der Waals surface area contributed by atoms with Gasteiger partial charge in [0, 0.05) is 11.3 Å². The number of rotatable bonds is 7. The number of hydrogen-bond acceptors (Lipinski definition) is 7. The monoisotopic (exact) mass is 399 g/mol. The van der Waals surface area contributed by atoms with Gasteiger partial charge in [-0.1, -0.05) is 29.5 Å². The number of aryl methyl sites for hydroxylation is 1. The minimum atomic E-state index is -0.403. The lowest BCUT2D eigenvalue weighted by Crippen LogP contribution is -2.22. The molecule has 0 spiro atoms. The van der Waals surface area contributed by atoms with Gasteiger partial charge >= 0.3 is 0 Å². The van der Waals surface area contributed by atoms with E-state index in [1.165, 1.54) is 11.8 Å². The van der Waals surface area contributed by atoms with E-state index in [1.807, 2.05) is 31.2 Å². The molecular formula is C20H21N3O4S. The molecule has 3 rings (SSSR count). The Morgan fingerprint density at radius 2 is 1.79 bits per heavy atom. The van der Waals surface area contributed by atoms with Crippen LogP contribution in [0.5, 0.6) is 11.5 Å². The van der Waals surface area contributed by atoms with Crippen LogP contribution in [-0.2, 0) is 4.79 Å². The number of anilines is 1. The first-order chi connectivity index (χ1) is 13.5. The molecule has 0 aliphatic rings. The highest BCUT2D eigenvalue weighted by Crippen LogP contribution is 2.33. The maximum atomic E-state index is 12.4. The number of amides is 1. The van der Waals surface area contributed by atoms with E-state index in [-0.39, 0.29) is 5.91 Å². The number of carbonyl (C=O) groups excluding carboxylic acids is 1. The second kappa shape index (κ2) is 8.79. The molecule has 28 heavy (non-hydrogen) atoms. The number of thioether (sulfide) groups is 1. The summed E-state index contributed by atoms with van der Waals surface area (Å²) in [6.07, 6.45) is 0. The van der Waals surface area contributed by atoms with E-state index in [0.717, 1.165) is 11.3 Å². The molecule has 1 heterocycles. The van der Waals surface area contributed by atoms with Crippen LogP contribution in [0.2, 0.25) is 0 Å². The zero-order valence-corrected chi connectivity index (χ0v) is 16.9. The highest BCUT2D eigenvalue weighted by atomic mass is 32.2. The number of methoxy groups -OCH3 is 2. The van der Waals surface area contributed by atoms with Crippen molar-refractivity contribution in [1.29, 1.82) is 0 Å². The molecule has 1 amide bonds. The Kier molecular flexibility index (Phi) is 6.20. The molecule has 0 fully saturated rings. The average Bonchev–Trinajstić information content (AvgIpc) is 3.17. The molecule has 0 radical (unpaired) electrons. The lowest BCUT2D eigenvalue weighted by atomic mass is 10.2. The van der Waals surface area contributed by atoms with Gasteiger partial charge in [0.25, 0.3) is 5.22 Å². The normalized spacial score (nSPS) is 11.7. The van der Waals surface area contributed by atoms with Crippen LogP contribution in [0.25, 0.3) is 11.5 Å². The summed E-state index contributed by atoms with van der Waals surface area (Å²) in [5.74, 6) is 1.38. The molecule has 1 N–H and O–H groups in total. The SMILES string of the molecule is COc1ccc(-c2nnc(S[C@H](C)C(=O)Nc3ccc(C)cc3)o2)cc1OC. The average molecular weight is 399 g/mol. The van der Waals surface area contributed by atoms with E-state index in [1.54, 1.807) is 39.3 Å². The Morgan fingerprint density at radius 1 is 1.07 bits per heavy atom. The summed E-state index contributed by atoms with van der Waals surface area (Å²) in [7, 11) is 3.13. The number of nitrogens with zero attached hydrogens (tertiary/aromatic N) is 2. The number of ether oxygens (including phenoxy) is 2. The maximum Gasteiger partial charge on any atom is 0.277 e. The van der Waals surface area contributed by atoms with Crippen LogP contribution in [0.15, 0.2) is 52.1 Å². The van der Waals surface area contributed by atoms with E-state index in [9.17, 15) is 4.79 Å². The Balaban J connectivity index is 1.66. The summed E-state index contributed by atoms with van der Waals surface area (Å²) in [4.78, 5) is 12.4. The summed E-state index contributed by atoms with van der Waals surface area (Å²) in [6.45, 7) is 3.78. The van der Waals surface area contributed by atoms with Crippen LogP contribution in [0.1, 0.15) is 12.5 Å². The van der Waals surface area contributed by atoms with Crippen molar-refractivity contribution in [1.82, 2.24) is 10.2 Å². The van der Waals surface area contributed by atoms with Gasteiger partial charge in [0.15, 0.2) is 11.5 Å². The van der Waals surface area contributed by atoms with Gasteiger partial charge in [-0.25, -0.2) is 0 Å². The van der Waals surface area contributed by atoms with Crippen LogP contribution in [0, 0.1) is 6.92 Å². The second-order valence-corrected chi connectivity index (χ2v) is 7.35.